The number of nitrogens with one attached hydrogen (secondary N) is 1. The summed E-state index contributed by atoms with van der Waals surface area (Å²) in [7, 11) is 0. The van der Waals surface area contributed by atoms with Crippen molar-refractivity contribution in [3.63, 3.8) is 0 Å². The average molecular weight is 213 g/mol. The molecule has 0 aliphatic carbocycles. The van der Waals surface area contributed by atoms with Gasteiger partial charge in [0.2, 0.25) is 0 Å². The van der Waals surface area contributed by atoms with Crippen molar-refractivity contribution in [2.24, 2.45) is 11.8 Å². The minimum Gasteiger partial charge on any atom is -0.462 e. The Hall–Kier alpha value is -0.570. The molecule has 15 heavy (non-hydrogen) atoms. The van der Waals surface area contributed by atoms with E-state index in [1.54, 1.807) is 0 Å². The summed E-state index contributed by atoms with van der Waals surface area (Å²) < 4.78 is 5.31. The number of hydrogen-bond donors (Lipinski definition) is 1. The van der Waals surface area contributed by atoms with Crippen LogP contribution in [0, 0.1) is 11.8 Å². The Morgan fingerprint density at radius 2 is 2.20 bits per heavy atom. The second-order valence-electron chi connectivity index (χ2n) is 4.84. The zero-order chi connectivity index (χ0) is 11.3. The van der Waals surface area contributed by atoms with Gasteiger partial charge in [-0.2, -0.15) is 0 Å². The molecule has 1 aliphatic rings. The van der Waals surface area contributed by atoms with Crippen molar-refractivity contribution in [1.82, 2.24) is 5.32 Å². The first kappa shape index (κ1) is 12.5. The highest BCUT2D eigenvalue weighted by Gasteiger charge is 2.18. The molecule has 88 valence electrons. The smallest absolute Gasteiger partial charge is 0.306 e. The lowest BCUT2D eigenvalue weighted by Crippen LogP contribution is -2.20. The first-order valence-corrected chi connectivity index (χ1v) is 5.99. The summed E-state index contributed by atoms with van der Waals surface area (Å²) in [5.74, 6) is 1.04. The fourth-order valence-corrected chi connectivity index (χ4v) is 1.69. The molecule has 0 amide bonds. The van der Waals surface area contributed by atoms with Crippen LogP contribution in [0.2, 0.25) is 0 Å². The van der Waals surface area contributed by atoms with E-state index < -0.39 is 0 Å². The van der Waals surface area contributed by atoms with E-state index in [1.807, 2.05) is 6.92 Å². The highest BCUT2D eigenvalue weighted by molar-refractivity contribution is 5.69. The van der Waals surface area contributed by atoms with E-state index in [9.17, 15) is 4.79 Å². The van der Waals surface area contributed by atoms with Gasteiger partial charge in [0, 0.05) is 6.42 Å². The third kappa shape index (κ3) is 4.65. The van der Waals surface area contributed by atoms with Gasteiger partial charge in [0.25, 0.3) is 0 Å². The number of hydrogen-bond acceptors (Lipinski definition) is 3. The number of ether oxygens (including phenoxy) is 1. The molecule has 0 bridgehead atoms. The van der Waals surface area contributed by atoms with Crippen LogP contribution in [0.3, 0.4) is 0 Å². The van der Waals surface area contributed by atoms with Gasteiger partial charge in [-0.25, -0.2) is 0 Å². The third-order valence-corrected chi connectivity index (χ3v) is 3.18. The van der Waals surface area contributed by atoms with Gasteiger partial charge in [-0.05, 0) is 44.7 Å². The summed E-state index contributed by atoms with van der Waals surface area (Å²) in [5.41, 5.74) is 0. The normalized spacial score (nSPS) is 23.1. The lowest BCUT2D eigenvalue weighted by Gasteiger charge is -2.17. The zero-order valence-corrected chi connectivity index (χ0v) is 10.1. The summed E-state index contributed by atoms with van der Waals surface area (Å²) in [5, 5.41) is 3.30. The molecule has 1 heterocycles. The van der Waals surface area contributed by atoms with Crippen molar-refractivity contribution in [3.05, 3.63) is 0 Å². The van der Waals surface area contributed by atoms with E-state index >= 15 is 0 Å². The molecule has 1 saturated heterocycles. The minimum absolute atomic E-state index is 0.0388. The van der Waals surface area contributed by atoms with Gasteiger partial charge in [-0.1, -0.05) is 13.8 Å². The van der Waals surface area contributed by atoms with E-state index in [0.717, 1.165) is 19.5 Å². The van der Waals surface area contributed by atoms with Crippen LogP contribution in [-0.2, 0) is 9.53 Å². The molecule has 0 aromatic heterocycles. The van der Waals surface area contributed by atoms with Crippen LogP contribution >= 0.6 is 0 Å². The number of carbonyl (C=O) groups is 1. The molecular weight excluding hydrogens is 190 g/mol. The lowest BCUT2D eigenvalue weighted by atomic mass is 10.0. The Morgan fingerprint density at radius 1 is 1.47 bits per heavy atom. The average Bonchev–Trinajstić information content (AvgIpc) is 2.66. The van der Waals surface area contributed by atoms with Gasteiger partial charge >= 0.3 is 5.97 Å². The van der Waals surface area contributed by atoms with Crippen molar-refractivity contribution in [3.8, 4) is 0 Å². The van der Waals surface area contributed by atoms with Gasteiger partial charge in [0.1, 0.15) is 6.10 Å². The molecule has 2 unspecified atom stereocenters. The maximum atomic E-state index is 11.5. The van der Waals surface area contributed by atoms with Crippen LogP contribution in [0.25, 0.3) is 0 Å². The Balaban J connectivity index is 2.12. The molecule has 0 aromatic carbocycles. The Bertz CT molecular complexity index is 198. The molecule has 0 saturated carbocycles. The van der Waals surface area contributed by atoms with Crippen molar-refractivity contribution >= 4 is 5.97 Å². The number of carbonyl (C=O) groups excluding carboxylic acids is 1. The van der Waals surface area contributed by atoms with E-state index in [0.29, 0.717) is 18.3 Å². The highest BCUT2D eigenvalue weighted by atomic mass is 16.5. The second kappa shape index (κ2) is 6.11. The first-order valence-electron chi connectivity index (χ1n) is 5.99. The second-order valence-corrected chi connectivity index (χ2v) is 4.84. The van der Waals surface area contributed by atoms with E-state index in [4.69, 9.17) is 4.74 Å². The van der Waals surface area contributed by atoms with E-state index in [2.05, 4.69) is 19.2 Å². The molecule has 0 radical (unpaired) electrons. The van der Waals surface area contributed by atoms with E-state index in [-0.39, 0.29) is 12.1 Å². The van der Waals surface area contributed by atoms with Crippen LogP contribution in [0.5, 0.6) is 0 Å². The lowest BCUT2D eigenvalue weighted by molar-refractivity contribution is -0.150. The van der Waals surface area contributed by atoms with Gasteiger partial charge in [-0.3, -0.25) is 4.79 Å². The van der Waals surface area contributed by atoms with Crippen LogP contribution in [-0.4, -0.2) is 25.2 Å². The number of esters is 1. The summed E-state index contributed by atoms with van der Waals surface area (Å²) >= 11 is 0. The summed E-state index contributed by atoms with van der Waals surface area (Å²) in [6.45, 7) is 8.26. The summed E-state index contributed by atoms with van der Waals surface area (Å²) in [6.07, 6.45) is 2.78. The van der Waals surface area contributed by atoms with Gasteiger partial charge in [0.15, 0.2) is 0 Å². The molecule has 1 fully saturated rings. The van der Waals surface area contributed by atoms with Gasteiger partial charge in [-0.15, -0.1) is 0 Å². The molecule has 0 aromatic rings. The molecule has 3 heteroatoms. The third-order valence-electron chi connectivity index (χ3n) is 3.18. The van der Waals surface area contributed by atoms with Crippen LogP contribution < -0.4 is 5.32 Å². The van der Waals surface area contributed by atoms with Gasteiger partial charge in [0.05, 0.1) is 0 Å². The fourth-order valence-electron chi connectivity index (χ4n) is 1.69. The predicted octanol–water partition coefficient (Wildman–Crippen LogP) is 1.96. The maximum Gasteiger partial charge on any atom is 0.306 e. The zero-order valence-electron chi connectivity index (χ0n) is 10.1. The van der Waals surface area contributed by atoms with Crippen molar-refractivity contribution in [2.45, 2.75) is 46.1 Å². The Morgan fingerprint density at radius 3 is 2.73 bits per heavy atom. The van der Waals surface area contributed by atoms with Crippen molar-refractivity contribution in [1.29, 1.82) is 0 Å². The molecular formula is C12H23NO2. The monoisotopic (exact) mass is 213 g/mol. The Kier molecular flexibility index (Phi) is 5.09. The van der Waals surface area contributed by atoms with Crippen LogP contribution in [0.1, 0.15) is 40.0 Å². The SMILES string of the molecule is CC(C)C(C)OC(=O)CCC1CCNC1. The summed E-state index contributed by atoms with van der Waals surface area (Å²) in [6, 6.07) is 0. The maximum absolute atomic E-state index is 11.5. The van der Waals surface area contributed by atoms with Gasteiger partial charge < -0.3 is 10.1 Å². The number of rotatable bonds is 5. The van der Waals surface area contributed by atoms with E-state index in [1.165, 1.54) is 6.42 Å². The molecule has 3 nitrogen and oxygen atoms in total. The van der Waals surface area contributed by atoms with Crippen molar-refractivity contribution < 1.29 is 9.53 Å². The summed E-state index contributed by atoms with van der Waals surface area (Å²) in [4.78, 5) is 11.5. The van der Waals surface area contributed by atoms with Crippen molar-refractivity contribution in [2.75, 3.05) is 13.1 Å². The Labute approximate surface area is 92.6 Å². The molecule has 2 atom stereocenters. The topological polar surface area (TPSA) is 38.3 Å². The highest BCUT2D eigenvalue weighted by Crippen LogP contribution is 2.15. The quantitative estimate of drug-likeness (QED) is 0.709. The minimum atomic E-state index is -0.0388. The first-order chi connectivity index (χ1) is 7.09. The molecule has 1 aliphatic heterocycles. The molecule has 1 N–H and O–H groups in total. The molecule has 1 rings (SSSR count). The van der Waals surface area contributed by atoms with Crippen LogP contribution in [0.4, 0.5) is 0 Å². The van der Waals surface area contributed by atoms with Crippen LogP contribution in [0.15, 0.2) is 0 Å². The fraction of sp³-hybridized carbons (Fsp3) is 0.917. The largest absolute Gasteiger partial charge is 0.462 e. The molecule has 0 spiro atoms. The standard InChI is InChI=1S/C12H23NO2/c1-9(2)10(3)15-12(14)5-4-11-6-7-13-8-11/h9-11,13H,4-8H2,1-3H3. The predicted molar refractivity (Wildman–Crippen MR) is 60.6 cm³/mol.